The normalized spacial score (nSPS) is 15.0. The third-order valence-electron chi connectivity index (χ3n) is 5.93. The van der Waals surface area contributed by atoms with Gasteiger partial charge in [0.1, 0.15) is 12.7 Å². The zero-order chi connectivity index (χ0) is 18.9. The summed E-state index contributed by atoms with van der Waals surface area (Å²) in [6, 6.07) is 18.0. The predicted octanol–water partition coefficient (Wildman–Crippen LogP) is 5.21. The molecule has 5 rings (SSSR count). The molecule has 0 saturated carbocycles. The first-order valence-corrected chi connectivity index (χ1v) is 10.0. The molecule has 7 heteroatoms. The Kier molecular flexibility index (Phi) is 7.19. The van der Waals surface area contributed by atoms with Gasteiger partial charge < -0.3 is 4.57 Å². The summed E-state index contributed by atoms with van der Waals surface area (Å²) in [4.78, 5) is 2.58. The number of aryl methyl sites for hydroxylation is 1. The van der Waals surface area contributed by atoms with E-state index in [-0.39, 0.29) is 24.8 Å². The van der Waals surface area contributed by atoms with Gasteiger partial charge in [-0.05, 0) is 43.0 Å². The third kappa shape index (κ3) is 4.38. The monoisotopic (exact) mass is 443 g/mol. The van der Waals surface area contributed by atoms with Crippen LogP contribution in [0, 0.1) is 6.92 Å². The van der Waals surface area contributed by atoms with E-state index < -0.39 is 0 Å². The number of fused-ring (bicyclic) bond motifs is 1. The molecule has 4 aromatic rings. The highest BCUT2D eigenvalue weighted by molar-refractivity contribution is 5.86. The van der Waals surface area contributed by atoms with E-state index in [9.17, 15) is 0 Å². The molecule has 0 spiro atoms. The molecule has 5 nitrogen and oxygen atoms in total. The minimum Gasteiger partial charge on any atom is -0.344 e. The van der Waals surface area contributed by atoms with Gasteiger partial charge in [0.25, 0.3) is 0 Å². The number of hydrogen-bond acceptors (Lipinski definition) is 3. The van der Waals surface area contributed by atoms with Gasteiger partial charge in [0.2, 0.25) is 0 Å². The maximum Gasteiger partial charge on any atom is 0.123 e. The van der Waals surface area contributed by atoms with E-state index in [1.165, 1.54) is 34.9 Å². The number of benzene rings is 2. The van der Waals surface area contributed by atoms with Crippen molar-refractivity contribution in [2.24, 2.45) is 0 Å². The molecule has 0 aliphatic carbocycles. The Labute approximate surface area is 189 Å². The Hall–Kier alpha value is -2.34. The van der Waals surface area contributed by atoms with E-state index in [1.807, 2.05) is 4.57 Å². The average molecular weight is 444 g/mol. The van der Waals surface area contributed by atoms with Crippen molar-refractivity contribution in [3.63, 3.8) is 0 Å². The molecule has 0 atom stereocenters. The summed E-state index contributed by atoms with van der Waals surface area (Å²) in [6.07, 6.45) is 8.21. The second kappa shape index (κ2) is 9.65. The van der Waals surface area contributed by atoms with E-state index >= 15 is 0 Å². The van der Waals surface area contributed by atoms with E-state index in [0.29, 0.717) is 6.04 Å². The van der Waals surface area contributed by atoms with Crippen molar-refractivity contribution in [3.05, 3.63) is 78.5 Å². The minimum atomic E-state index is 0. The van der Waals surface area contributed by atoms with E-state index in [4.69, 9.17) is 0 Å². The highest BCUT2D eigenvalue weighted by Crippen LogP contribution is 2.31. The number of aromatic nitrogens is 4. The largest absolute Gasteiger partial charge is 0.344 e. The van der Waals surface area contributed by atoms with Crippen molar-refractivity contribution in [1.82, 2.24) is 24.2 Å². The van der Waals surface area contributed by atoms with Gasteiger partial charge >= 0.3 is 0 Å². The molecular formula is C23H27Cl2N5. The Morgan fingerprint density at radius 3 is 2.33 bits per heavy atom. The van der Waals surface area contributed by atoms with Crippen molar-refractivity contribution in [1.29, 1.82) is 0 Å². The molecule has 158 valence electrons. The van der Waals surface area contributed by atoms with Gasteiger partial charge in [-0.25, -0.2) is 0 Å². The zero-order valence-corrected chi connectivity index (χ0v) is 18.6. The molecule has 0 radical (unpaired) electrons. The van der Waals surface area contributed by atoms with Crippen molar-refractivity contribution in [2.45, 2.75) is 32.4 Å². The number of halogens is 2. The molecule has 3 heterocycles. The first-order chi connectivity index (χ1) is 13.8. The fourth-order valence-electron chi connectivity index (χ4n) is 4.41. The SMILES string of the molecule is Cc1cn(C2CCN(Cc3ccccc3)CC2)c2cc(-n3cnnc3)ccc12.Cl.Cl. The summed E-state index contributed by atoms with van der Waals surface area (Å²) in [5.74, 6) is 0. The van der Waals surface area contributed by atoms with Gasteiger partial charge in [-0.1, -0.05) is 36.4 Å². The van der Waals surface area contributed by atoms with E-state index in [2.05, 4.69) is 81.3 Å². The van der Waals surface area contributed by atoms with E-state index in [1.54, 1.807) is 12.7 Å². The van der Waals surface area contributed by atoms with Crippen LogP contribution in [-0.2, 0) is 6.54 Å². The summed E-state index contributed by atoms with van der Waals surface area (Å²) >= 11 is 0. The van der Waals surface area contributed by atoms with Gasteiger partial charge in [-0.15, -0.1) is 35.0 Å². The van der Waals surface area contributed by atoms with Gasteiger partial charge in [-0.2, -0.15) is 0 Å². The number of hydrogen-bond donors (Lipinski definition) is 0. The molecule has 1 fully saturated rings. The summed E-state index contributed by atoms with van der Waals surface area (Å²) in [7, 11) is 0. The second-order valence-electron chi connectivity index (χ2n) is 7.78. The Morgan fingerprint density at radius 2 is 1.63 bits per heavy atom. The van der Waals surface area contributed by atoms with Crippen molar-refractivity contribution in [3.8, 4) is 5.69 Å². The quantitative estimate of drug-likeness (QED) is 0.434. The highest BCUT2D eigenvalue weighted by atomic mass is 35.5. The smallest absolute Gasteiger partial charge is 0.123 e. The summed E-state index contributed by atoms with van der Waals surface area (Å²) in [5.41, 5.74) is 5.17. The van der Waals surface area contributed by atoms with Crippen LogP contribution in [0.25, 0.3) is 16.6 Å². The van der Waals surface area contributed by atoms with Crippen LogP contribution in [0.3, 0.4) is 0 Å². The van der Waals surface area contributed by atoms with Gasteiger partial charge in [0.15, 0.2) is 0 Å². The number of nitrogens with zero attached hydrogens (tertiary/aromatic N) is 5. The van der Waals surface area contributed by atoms with Crippen LogP contribution in [0.4, 0.5) is 0 Å². The lowest BCUT2D eigenvalue weighted by Gasteiger charge is -2.33. The van der Waals surface area contributed by atoms with Crippen molar-refractivity contribution >= 4 is 35.7 Å². The van der Waals surface area contributed by atoms with Gasteiger partial charge in [-0.3, -0.25) is 9.47 Å². The molecule has 1 aliphatic rings. The number of rotatable bonds is 4. The van der Waals surface area contributed by atoms with Crippen LogP contribution in [0.15, 0.2) is 67.4 Å². The Bertz CT molecular complexity index is 1070. The van der Waals surface area contributed by atoms with Crippen LogP contribution in [-0.4, -0.2) is 37.3 Å². The molecule has 0 unspecified atom stereocenters. The maximum absolute atomic E-state index is 3.94. The van der Waals surface area contributed by atoms with Crippen LogP contribution in [0.2, 0.25) is 0 Å². The van der Waals surface area contributed by atoms with Crippen LogP contribution in [0.5, 0.6) is 0 Å². The molecule has 1 saturated heterocycles. The lowest BCUT2D eigenvalue weighted by molar-refractivity contribution is 0.181. The molecule has 0 amide bonds. The maximum atomic E-state index is 3.94. The number of likely N-dealkylation sites (tertiary alicyclic amines) is 1. The molecule has 2 aromatic heterocycles. The molecule has 0 N–H and O–H groups in total. The van der Waals surface area contributed by atoms with Gasteiger partial charge in [0, 0.05) is 37.3 Å². The average Bonchev–Trinajstić information content (AvgIpc) is 3.38. The molecule has 1 aliphatic heterocycles. The van der Waals surface area contributed by atoms with Gasteiger partial charge in [0.05, 0.1) is 11.2 Å². The molecule has 2 aromatic carbocycles. The summed E-state index contributed by atoms with van der Waals surface area (Å²) in [6.45, 7) is 5.55. The summed E-state index contributed by atoms with van der Waals surface area (Å²) < 4.78 is 4.47. The topological polar surface area (TPSA) is 38.9 Å². The van der Waals surface area contributed by atoms with Crippen molar-refractivity contribution in [2.75, 3.05) is 13.1 Å². The first-order valence-electron chi connectivity index (χ1n) is 10.0. The van der Waals surface area contributed by atoms with Crippen LogP contribution < -0.4 is 0 Å². The highest BCUT2D eigenvalue weighted by Gasteiger charge is 2.22. The third-order valence-corrected chi connectivity index (χ3v) is 5.93. The van der Waals surface area contributed by atoms with E-state index in [0.717, 1.165) is 25.3 Å². The Morgan fingerprint density at radius 1 is 0.933 bits per heavy atom. The Balaban J connectivity index is 0.00000128. The predicted molar refractivity (Wildman–Crippen MR) is 126 cm³/mol. The molecule has 0 bridgehead atoms. The fraction of sp³-hybridized carbons (Fsp3) is 0.304. The zero-order valence-electron chi connectivity index (χ0n) is 17.0. The lowest BCUT2D eigenvalue weighted by Crippen LogP contribution is -2.34. The lowest BCUT2D eigenvalue weighted by atomic mass is 10.0. The first kappa shape index (κ1) is 22.3. The van der Waals surface area contributed by atoms with Crippen LogP contribution in [0.1, 0.15) is 30.0 Å². The standard InChI is InChI=1S/C23H25N5.2ClH/c1-18-14-28(23-13-21(7-8-22(18)23)27-16-24-25-17-27)20-9-11-26(12-10-20)15-19-5-3-2-4-6-19;;/h2-8,13-14,16-17,20H,9-12,15H2,1H3;2*1H. The minimum absolute atomic E-state index is 0. The molecular weight excluding hydrogens is 417 g/mol. The van der Waals surface area contributed by atoms with Crippen molar-refractivity contribution < 1.29 is 0 Å². The fourth-order valence-corrected chi connectivity index (χ4v) is 4.41. The molecule has 30 heavy (non-hydrogen) atoms. The second-order valence-corrected chi connectivity index (χ2v) is 7.78. The number of piperidine rings is 1. The summed E-state index contributed by atoms with van der Waals surface area (Å²) in [5, 5.41) is 9.22. The van der Waals surface area contributed by atoms with Crippen LogP contribution >= 0.6 is 24.8 Å².